The second kappa shape index (κ2) is 9.05. The second-order valence-corrected chi connectivity index (χ2v) is 5.58. The molecule has 1 aromatic carbocycles. The van der Waals surface area contributed by atoms with E-state index in [0.29, 0.717) is 5.56 Å². The van der Waals surface area contributed by atoms with Crippen molar-refractivity contribution in [3.8, 4) is 0 Å². The van der Waals surface area contributed by atoms with E-state index in [4.69, 9.17) is 5.11 Å². The number of hydrogen-bond donors (Lipinski definition) is 2. The van der Waals surface area contributed by atoms with Gasteiger partial charge in [0.2, 0.25) is 0 Å². The molecular formula is C18H26N2O2. The molecule has 0 radical (unpaired) electrons. The van der Waals surface area contributed by atoms with Crippen molar-refractivity contribution in [3.63, 3.8) is 0 Å². The zero-order chi connectivity index (χ0) is 16.5. The van der Waals surface area contributed by atoms with Crippen molar-refractivity contribution in [1.82, 2.24) is 10.2 Å². The van der Waals surface area contributed by atoms with E-state index in [9.17, 15) is 4.79 Å². The number of carbonyl (C=O) groups excluding carboxylic acids is 1. The van der Waals surface area contributed by atoms with Gasteiger partial charge in [-0.3, -0.25) is 4.79 Å². The maximum absolute atomic E-state index is 12.0. The van der Waals surface area contributed by atoms with Gasteiger partial charge in [0.25, 0.3) is 5.91 Å². The molecule has 120 valence electrons. The third-order valence-electron chi connectivity index (χ3n) is 3.34. The highest BCUT2D eigenvalue weighted by Gasteiger charge is 2.08. The zero-order valence-electron chi connectivity index (χ0n) is 13.7. The van der Waals surface area contributed by atoms with E-state index in [1.807, 2.05) is 43.3 Å². The van der Waals surface area contributed by atoms with Crippen LogP contribution in [0.2, 0.25) is 0 Å². The molecule has 4 heteroatoms. The Morgan fingerprint density at radius 3 is 2.82 bits per heavy atom. The fraction of sp³-hybridized carbons (Fsp3) is 0.389. The summed E-state index contributed by atoms with van der Waals surface area (Å²) in [6.45, 7) is 5.69. The molecule has 0 bridgehead atoms. The molecule has 0 aliphatic heterocycles. The monoisotopic (exact) mass is 302 g/mol. The quantitative estimate of drug-likeness (QED) is 0.776. The topological polar surface area (TPSA) is 52.6 Å². The summed E-state index contributed by atoms with van der Waals surface area (Å²) in [5.41, 5.74) is 2.68. The maximum atomic E-state index is 12.0. The highest BCUT2D eigenvalue weighted by molar-refractivity contribution is 5.94. The van der Waals surface area contributed by atoms with Gasteiger partial charge in [-0.1, -0.05) is 30.9 Å². The van der Waals surface area contributed by atoms with Crippen LogP contribution in [0.3, 0.4) is 0 Å². The van der Waals surface area contributed by atoms with Crippen molar-refractivity contribution in [2.45, 2.75) is 25.8 Å². The summed E-state index contributed by atoms with van der Waals surface area (Å²) in [6.07, 6.45) is 5.92. The van der Waals surface area contributed by atoms with Gasteiger partial charge in [0, 0.05) is 31.4 Å². The van der Waals surface area contributed by atoms with Crippen molar-refractivity contribution in [1.29, 1.82) is 0 Å². The number of benzene rings is 1. The summed E-state index contributed by atoms with van der Waals surface area (Å²) >= 11 is 0. The zero-order valence-corrected chi connectivity index (χ0v) is 13.7. The summed E-state index contributed by atoms with van der Waals surface area (Å²) in [4.78, 5) is 14.0. The fourth-order valence-corrected chi connectivity index (χ4v) is 1.83. The number of nitrogens with zero attached hydrogens (tertiary/aromatic N) is 1. The minimum absolute atomic E-state index is 0.0684. The van der Waals surface area contributed by atoms with Crippen LogP contribution in [-0.2, 0) is 0 Å². The first-order valence-electron chi connectivity index (χ1n) is 7.47. The third-order valence-corrected chi connectivity index (χ3v) is 3.34. The molecule has 22 heavy (non-hydrogen) atoms. The lowest BCUT2D eigenvalue weighted by Crippen LogP contribution is -2.34. The Labute approximate surface area is 133 Å². The predicted molar refractivity (Wildman–Crippen MR) is 91.6 cm³/mol. The van der Waals surface area contributed by atoms with Gasteiger partial charge in [-0.25, -0.2) is 0 Å². The van der Waals surface area contributed by atoms with Gasteiger partial charge >= 0.3 is 0 Å². The molecule has 0 saturated carbocycles. The molecule has 2 N–H and O–H groups in total. The highest BCUT2D eigenvalue weighted by Crippen LogP contribution is 2.10. The molecule has 1 unspecified atom stereocenters. The van der Waals surface area contributed by atoms with Gasteiger partial charge in [-0.15, -0.1) is 0 Å². The normalized spacial score (nSPS) is 12.2. The van der Waals surface area contributed by atoms with Crippen LogP contribution in [0, 0.1) is 0 Å². The molecule has 4 nitrogen and oxygen atoms in total. The molecule has 0 spiro atoms. The van der Waals surface area contributed by atoms with E-state index in [0.717, 1.165) is 24.1 Å². The largest absolute Gasteiger partial charge is 0.394 e. The number of aliphatic hydroxyl groups is 1. The molecule has 1 rings (SSSR count). The van der Waals surface area contributed by atoms with Crippen LogP contribution < -0.4 is 5.32 Å². The van der Waals surface area contributed by atoms with Gasteiger partial charge in [-0.2, -0.15) is 0 Å². The van der Waals surface area contributed by atoms with Crippen LogP contribution in [0.4, 0.5) is 0 Å². The molecule has 0 aliphatic carbocycles. The molecular weight excluding hydrogens is 276 g/mol. The molecule has 0 saturated heterocycles. The molecule has 1 aromatic rings. The summed E-state index contributed by atoms with van der Waals surface area (Å²) < 4.78 is 0. The van der Waals surface area contributed by atoms with Crippen LogP contribution in [0.25, 0.3) is 6.08 Å². The number of rotatable bonds is 8. The Kier molecular flexibility index (Phi) is 7.40. The van der Waals surface area contributed by atoms with Crippen LogP contribution in [-0.4, -0.2) is 42.7 Å². The number of nitrogens with one attached hydrogen (secondary N) is 1. The fourth-order valence-electron chi connectivity index (χ4n) is 1.83. The standard InChI is InChI=1S/C18H26N2O2/c1-14(13-21)19-18(22)17-11-7-10-16(12-17)9-6-5-8-15(2)20(3)4/h6-7,9-12,14,21H,2,5,8,13H2,1,3-4H3,(H,19,22)/b9-6-. The number of aliphatic hydroxyl groups excluding tert-OH is 1. The Morgan fingerprint density at radius 2 is 2.18 bits per heavy atom. The molecule has 0 heterocycles. The maximum Gasteiger partial charge on any atom is 0.251 e. The van der Waals surface area contributed by atoms with Crippen molar-refractivity contribution in [3.05, 3.63) is 53.7 Å². The number of carbonyl (C=O) groups is 1. The predicted octanol–water partition coefficient (Wildman–Crippen LogP) is 2.67. The lowest BCUT2D eigenvalue weighted by molar-refractivity contribution is 0.0922. The van der Waals surface area contributed by atoms with E-state index in [-0.39, 0.29) is 18.6 Å². The van der Waals surface area contributed by atoms with Crippen LogP contribution in [0.5, 0.6) is 0 Å². The summed E-state index contributed by atoms with van der Waals surface area (Å²) in [6, 6.07) is 7.19. The first-order chi connectivity index (χ1) is 10.4. The smallest absolute Gasteiger partial charge is 0.251 e. The molecule has 1 amide bonds. The van der Waals surface area contributed by atoms with E-state index >= 15 is 0 Å². The summed E-state index contributed by atoms with van der Waals surface area (Å²) in [5, 5.41) is 11.7. The highest BCUT2D eigenvalue weighted by atomic mass is 16.3. The van der Waals surface area contributed by atoms with Crippen LogP contribution in [0.1, 0.15) is 35.7 Å². The Bertz CT molecular complexity index is 536. The van der Waals surface area contributed by atoms with E-state index in [2.05, 4.69) is 18.0 Å². The van der Waals surface area contributed by atoms with Crippen molar-refractivity contribution < 1.29 is 9.90 Å². The van der Waals surface area contributed by atoms with Gasteiger partial charge in [0.15, 0.2) is 0 Å². The van der Waals surface area contributed by atoms with Crippen LogP contribution in [0.15, 0.2) is 42.6 Å². The molecule has 0 aliphatic rings. The Hall–Kier alpha value is -2.07. The second-order valence-electron chi connectivity index (χ2n) is 5.58. The minimum Gasteiger partial charge on any atom is -0.394 e. The average molecular weight is 302 g/mol. The minimum atomic E-state index is -0.247. The van der Waals surface area contributed by atoms with Gasteiger partial charge in [0.1, 0.15) is 0 Å². The number of hydrogen-bond acceptors (Lipinski definition) is 3. The number of allylic oxidation sites excluding steroid dienone is 2. The van der Waals surface area contributed by atoms with Crippen molar-refractivity contribution in [2.75, 3.05) is 20.7 Å². The number of amides is 1. The SMILES string of the molecule is C=C(CC/C=C\c1cccc(C(=O)NC(C)CO)c1)N(C)C. The first-order valence-corrected chi connectivity index (χ1v) is 7.47. The lowest BCUT2D eigenvalue weighted by Gasteiger charge is -2.14. The lowest BCUT2D eigenvalue weighted by atomic mass is 10.1. The molecule has 1 atom stereocenters. The Morgan fingerprint density at radius 1 is 1.45 bits per heavy atom. The average Bonchev–Trinajstić information content (AvgIpc) is 2.51. The van der Waals surface area contributed by atoms with Gasteiger partial charge in [0.05, 0.1) is 6.61 Å². The summed E-state index contributed by atoms with van der Waals surface area (Å²) in [5.74, 6) is -0.169. The Balaban J connectivity index is 2.60. The van der Waals surface area contributed by atoms with Crippen molar-refractivity contribution >= 4 is 12.0 Å². The van der Waals surface area contributed by atoms with E-state index in [1.165, 1.54) is 0 Å². The van der Waals surface area contributed by atoms with Gasteiger partial charge in [-0.05, 0) is 37.5 Å². The van der Waals surface area contributed by atoms with E-state index in [1.54, 1.807) is 13.0 Å². The van der Waals surface area contributed by atoms with Crippen molar-refractivity contribution in [2.24, 2.45) is 0 Å². The molecule has 0 aromatic heterocycles. The molecule has 0 fully saturated rings. The van der Waals surface area contributed by atoms with Crippen LogP contribution >= 0.6 is 0 Å². The van der Waals surface area contributed by atoms with Gasteiger partial charge < -0.3 is 15.3 Å². The van der Waals surface area contributed by atoms with E-state index < -0.39 is 0 Å². The summed E-state index contributed by atoms with van der Waals surface area (Å²) in [7, 11) is 3.98. The first kappa shape index (κ1) is 18.0. The third kappa shape index (κ3) is 6.14.